The van der Waals surface area contributed by atoms with E-state index in [1.165, 1.54) is 11.1 Å². The quantitative estimate of drug-likeness (QED) is 0.613. The maximum atomic E-state index is 5.67. The zero-order chi connectivity index (χ0) is 18.6. The molecule has 2 heterocycles. The molecule has 27 heavy (non-hydrogen) atoms. The molecule has 0 N–H and O–H groups in total. The van der Waals surface area contributed by atoms with E-state index in [-0.39, 0.29) is 6.10 Å². The van der Waals surface area contributed by atoms with Gasteiger partial charge in [0, 0.05) is 17.0 Å². The highest BCUT2D eigenvalue weighted by atomic mass is 32.2. The fraction of sp³-hybridized carbons (Fsp3) is 0.333. The van der Waals surface area contributed by atoms with Crippen molar-refractivity contribution in [1.82, 2.24) is 14.8 Å². The number of rotatable bonds is 5. The topological polar surface area (TPSA) is 49.2 Å². The lowest BCUT2D eigenvalue weighted by Crippen LogP contribution is -2.25. The molecule has 4 rings (SSSR count). The average molecular weight is 382 g/mol. The van der Waals surface area contributed by atoms with E-state index in [0.29, 0.717) is 6.79 Å². The van der Waals surface area contributed by atoms with Gasteiger partial charge >= 0.3 is 0 Å². The number of benzene rings is 2. The van der Waals surface area contributed by atoms with E-state index >= 15 is 0 Å². The van der Waals surface area contributed by atoms with Gasteiger partial charge in [0.1, 0.15) is 6.79 Å². The van der Waals surface area contributed by atoms with E-state index in [1.807, 2.05) is 0 Å². The number of aromatic nitrogens is 3. The van der Waals surface area contributed by atoms with Crippen LogP contribution < -0.4 is 0 Å². The molecule has 1 saturated heterocycles. The van der Waals surface area contributed by atoms with Crippen molar-refractivity contribution in [3.63, 3.8) is 0 Å². The number of hydrogen-bond acceptors (Lipinski definition) is 5. The van der Waals surface area contributed by atoms with E-state index in [9.17, 15) is 0 Å². The molecule has 2 aromatic carbocycles. The molecule has 0 aliphatic carbocycles. The second-order valence-corrected chi connectivity index (χ2v) is 7.74. The van der Waals surface area contributed by atoms with Gasteiger partial charge in [0.05, 0.1) is 12.7 Å². The second-order valence-electron chi connectivity index (χ2n) is 6.76. The molecule has 0 spiro atoms. The van der Waals surface area contributed by atoms with Crippen LogP contribution in [0.2, 0.25) is 0 Å². The standard InChI is InChI=1S/C21H23N3O2S/c1-15-3-7-17(8-4-15)20-22-23-21(27-13-19-11-12-25-14-26-19)24(20)18-9-5-16(2)6-10-18/h3-10,19H,11-14H2,1-2H3. The molecule has 0 saturated carbocycles. The smallest absolute Gasteiger partial charge is 0.196 e. The Balaban J connectivity index is 1.67. The van der Waals surface area contributed by atoms with Crippen LogP contribution >= 0.6 is 11.8 Å². The Morgan fingerprint density at radius 2 is 1.70 bits per heavy atom. The Hall–Kier alpha value is -2.15. The first-order valence-corrected chi connectivity index (χ1v) is 10.1. The van der Waals surface area contributed by atoms with Crippen molar-refractivity contribution in [3.05, 3.63) is 59.7 Å². The van der Waals surface area contributed by atoms with Crippen LogP contribution in [0.1, 0.15) is 17.5 Å². The molecule has 1 unspecified atom stereocenters. The summed E-state index contributed by atoms with van der Waals surface area (Å²) in [4.78, 5) is 0. The lowest BCUT2D eigenvalue weighted by atomic mass is 10.1. The predicted molar refractivity (Wildman–Crippen MR) is 107 cm³/mol. The molecular weight excluding hydrogens is 358 g/mol. The zero-order valence-electron chi connectivity index (χ0n) is 15.6. The Morgan fingerprint density at radius 3 is 2.37 bits per heavy atom. The summed E-state index contributed by atoms with van der Waals surface area (Å²) in [6.45, 7) is 5.31. The molecule has 1 aliphatic heterocycles. The number of nitrogens with zero attached hydrogens (tertiary/aromatic N) is 3. The van der Waals surface area contributed by atoms with Crippen molar-refractivity contribution in [3.8, 4) is 17.1 Å². The van der Waals surface area contributed by atoms with E-state index in [0.717, 1.165) is 41.0 Å². The Morgan fingerprint density at radius 1 is 1.00 bits per heavy atom. The van der Waals surface area contributed by atoms with Crippen LogP contribution in [0.15, 0.2) is 53.7 Å². The first-order valence-electron chi connectivity index (χ1n) is 9.12. The largest absolute Gasteiger partial charge is 0.355 e. The highest BCUT2D eigenvalue weighted by Gasteiger charge is 2.20. The lowest BCUT2D eigenvalue weighted by molar-refractivity contribution is -0.130. The van der Waals surface area contributed by atoms with Gasteiger partial charge < -0.3 is 9.47 Å². The van der Waals surface area contributed by atoms with Gasteiger partial charge in [-0.05, 0) is 32.4 Å². The summed E-state index contributed by atoms with van der Waals surface area (Å²) in [7, 11) is 0. The van der Waals surface area contributed by atoms with E-state index in [4.69, 9.17) is 9.47 Å². The summed E-state index contributed by atoms with van der Waals surface area (Å²) in [5.41, 5.74) is 4.58. The van der Waals surface area contributed by atoms with Gasteiger partial charge in [0.25, 0.3) is 0 Å². The van der Waals surface area contributed by atoms with Gasteiger partial charge in [-0.15, -0.1) is 10.2 Å². The van der Waals surface area contributed by atoms with Crippen molar-refractivity contribution in [1.29, 1.82) is 0 Å². The van der Waals surface area contributed by atoms with Crippen LogP contribution in [0.3, 0.4) is 0 Å². The van der Waals surface area contributed by atoms with E-state index in [1.54, 1.807) is 11.8 Å². The van der Waals surface area contributed by atoms with Gasteiger partial charge in [-0.3, -0.25) is 4.57 Å². The normalized spacial score (nSPS) is 17.2. The molecule has 0 amide bonds. The molecule has 140 valence electrons. The lowest BCUT2D eigenvalue weighted by Gasteiger charge is -2.22. The SMILES string of the molecule is Cc1ccc(-c2nnc(SCC3CCOCO3)n2-c2ccc(C)cc2)cc1. The summed E-state index contributed by atoms with van der Waals surface area (Å²) in [6, 6.07) is 16.9. The third-order valence-corrected chi connectivity index (χ3v) is 5.67. The third kappa shape index (κ3) is 4.24. The summed E-state index contributed by atoms with van der Waals surface area (Å²) in [6.07, 6.45) is 1.10. The van der Waals surface area contributed by atoms with Crippen LogP contribution in [0.4, 0.5) is 0 Å². The molecule has 1 aliphatic rings. The minimum atomic E-state index is 0.190. The monoisotopic (exact) mass is 381 g/mol. The molecule has 3 aromatic rings. The highest BCUT2D eigenvalue weighted by Crippen LogP contribution is 2.29. The maximum Gasteiger partial charge on any atom is 0.196 e. The molecule has 1 fully saturated rings. The van der Waals surface area contributed by atoms with Crippen LogP contribution in [0.5, 0.6) is 0 Å². The first-order chi connectivity index (χ1) is 13.2. The van der Waals surface area contributed by atoms with Gasteiger partial charge in [-0.2, -0.15) is 0 Å². The summed E-state index contributed by atoms with van der Waals surface area (Å²) >= 11 is 1.68. The van der Waals surface area contributed by atoms with Crippen LogP contribution in [-0.4, -0.2) is 40.0 Å². The fourth-order valence-corrected chi connectivity index (χ4v) is 4.00. The summed E-state index contributed by atoms with van der Waals surface area (Å²) in [5.74, 6) is 1.69. The van der Waals surface area contributed by atoms with Gasteiger partial charge in [0.15, 0.2) is 11.0 Å². The highest BCUT2D eigenvalue weighted by molar-refractivity contribution is 7.99. The number of ether oxygens (including phenoxy) is 2. The Bertz CT molecular complexity index is 885. The fourth-order valence-electron chi connectivity index (χ4n) is 2.98. The van der Waals surface area contributed by atoms with Gasteiger partial charge in [0.2, 0.25) is 0 Å². The second kappa shape index (κ2) is 8.25. The van der Waals surface area contributed by atoms with E-state index < -0.39 is 0 Å². The van der Waals surface area contributed by atoms with Crippen LogP contribution in [0.25, 0.3) is 17.1 Å². The third-order valence-electron chi connectivity index (χ3n) is 4.60. The minimum absolute atomic E-state index is 0.190. The predicted octanol–water partition coefficient (Wildman–Crippen LogP) is 4.41. The molecule has 1 aromatic heterocycles. The van der Waals surface area contributed by atoms with Crippen LogP contribution in [-0.2, 0) is 9.47 Å². The Labute approximate surface area is 163 Å². The number of thioether (sulfide) groups is 1. The van der Waals surface area contributed by atoms with Crippen molar-refractivity contribution in [2.24, 2.45) is 0 Å². The molecule has 6 heteroatoms. The molecule has 0 radical (unpaired) electrons. The van der Waals surface area contributed by atoms with Crippen molar-refractivity contribution in [2.75, 3.05) is 19.2 Å². The van der Waals surface area contributed by atoms with Crippen LogP contribution in [0, 0.1) is 13.8 Å². The van der Waals surface area contributed by atoms with E-state index in [2.05, 4.69) is 77.1 Å². The first kappa shape index (κ1) is 18.2. The maximum absolute atomic E-state index is 5.67. The van der Waals surface area contributed by atoms with Crippen molar-refractivity contribution in [2.45, 2.75) is 31.5 Å². The zero-order valence-corrected chi connectivity index (χ0v) is 16.4. The molecule has 0 bridgehead atoms. The minimum Gasteiger partial charge on any atom is -0.355 e. The number of aryl methyl sites for hydroxylation is 2. The van der Waals surface area contributed by atoms with Gasteiger partial charge in [-0.25, -0.2) is 0 Å². The molecule has 5 nitrogen and oxygen atoms in total. The van der Waals surface area contributed by atoms with Crippen molar-refractivity contribution >= 4 is 11.8 Å². The molecule has 1 atom stereocenters. The molecular formula is C21H23N3O2S. The van der Waals surface area contributed by atoms with Gasteiger partial charge in [-0.1, -0.05) is 59.3 Å². The average Bonchev–Trinajstić information content (AvgIpc) is 3.12. The Kier molecular flexibility index (Phi) is 5.57. The van der Waals surface area contributed by atoms with Crippen molar-refractivity contribution < 1.29 is 9.47 Å². The summed E-state index contributed by atoms with van der Waals surface area (Å²) in [5, 5.41) is 9.87. The summed E-state index contributed by atoms with van der Waals surface area (Å²) < 4.78 is 13.1. The number of hydrogen-bond donors (Lipinski definition) is 0.